The fourth-order valence-corrected chi connectivity index (χ4v) is 15.8. The third kappa shape index (κ3) is 24.3. The van der Waals surface area contributed by atoms with Gasteiger partial charge in [0, 0.05) is 96.3 Å². The number of fused-ring (bicyclic) bond motifs is 5. The average molecular weight is 1750 g/mol. The summed E-state index contributed by atoms with van der Waals surface area (Å²) in [4.78, 5) is 55.8. The van der Waals surface area contributed by atoms with Gasteiger partial charge in [0.05, 0.1) is 120 Å². The molecule has 122 heavy (non-hydrogen) atoms. The molecule has 0 saturated heterocycles. The van der Waals surface area contributed by atoms with Crippen molar-refractivity contribution in [3.63, 3.8) is 0 Å². The van der Waals surface area contributed by atoms with Crippen molar-refractivity contribution in [2.45, 2.75) is 110 Å². The minimum Gasteiger partial charge on any atom is -0.497 e. The second-order valence-corrected chi connectivity index (χ2v) is 36.2. The van der Waals surface area contributed by atoms with E-state index in [1.807, 2.05) is 80.8 Å². The minimum absolute atomic E-state index is 0.0488. The van der Waals surface area contributed by atoms with Crippen molar-refractivity contribution in [2.24, 2.45) is 16.2 Å². The molecule has 0 aliphatic heterocycles. The number of aldehydes is 1. The lowest BCUT2D eigenvalue weighted by Crippen LogP contribution is -2.27. The number of carbonyl (C=O) groups excluding carboxylic acids is 3. The van der Waals surface area contributed by atoms with Crippen LogP contribution in [0.3, 0.4) is 0 Å². The highest BCUT2D eigenvalue weighted by Crippen LogP contribution is 2.38. The first-order valence-corrected chi connectivity index (χ1v) is 43.0. The summed E-state index contributed by atoms with van der Waals surface area (Å²) in [5.74, 6) is 3.71. The van der Waals surface area contributed by atoms with Gasteiger partial charge in [-0.05, 0) is 269 Å². The Morgan fingerprint density at radius 2 is 0.672 bits per heavy atom. The van der Waals surface area contributed by atoms with E-state index in [9.17, 15) is 49.5 Å². The van der Waals surface area contributed by atoms with Crippen LogP contribution >= 0.6 is 10.7 Å². The molecule has 0 amide bonds. The Bertz CT molecular complexity index is 6160. The lowest BCUT2D eigenvalue weighted by molar-refractivity contribution is -0.151. The van der Waals surface area contributed by atoms with E-state index in [0.29, 0.717) is 80.1 Å². The van der Waals surface area contributed by atoms with Crippen LogP contribution in [0.5, 0.6) is 46.0 Å². The number of aromatic amines is 3. The second-order valence-electron chi connectivity index (χ2n) is 30.0. The molecule has 13 aromatic rings. The van der Waals surface area contributed by atoms with Crippen molar-refractivity contribution < 1.29 is 102 Å². The number of nitrogens with zero attached hydrogens (tertiary/aromatic N) is 2. The molecule has 31 heteroatoms. The largest absolute Gasteiger partial charge is 0.497 e. The topological polar surface area (TPSA) is 361 Å². The van der Waals surface area contributed by atoms with E-state index in [1.54, 1.807) is 129 Å². The molecule has 5 N–H and O–H groups in total. The summed E-state index contributed by atoms with van der Waals surface area (Å²) in [5, 5.41) is 22.9. The molecular weight excluding hydrogens is 1650 g/mol. The van der Waals surface area contributed by atoms with Gasteiger partial charge in [0.1, 0.15) is 46.0 Å². The summed E-state index contributed by atoms with van der Waals surface area (Å²) in [6, 6.07) is 45.6. The van der Waals surface area contributed by atoms with Crippen LogP contribution in [0.25, 0.3) is 54.5 Å². The zero-order valence-corrected chi connectivity index (χ0v) is 75.1. The number of carboxylic acid groups (broad SMARTS) is 1. The highest BCUT2D eigenvalue weighted by molar-refractivity contribution is 8.13. The molecule has 5 heterocycles. The zero-order valence-electron chi connectivity index (χ0n) is 71.9. The van der Waals surface area contributed by atoms with E-state index in [4.69, 9.17) is 63.2 Å². The number of methoxy groups -OCH3 is 10. The van der Waals surface area contributed by atoms with Gasteiger partial charge < -0.3 is 72.5 Å². The Labute approximate surface area is 715 Å². The van der Waals surface area contributed by atoms with Crippen LogP contribution in [0.1, 0.15) is 102 Å². The number of nitrogens with one attached hydrogen (secondary N) is 3. The number of rotatable bonds is 24. The first kappa shape index (κ1) is 96.9. The Hall–Kier alpha value is -12.2. The maximum atomic E-state index is 13.4. The molecule has 5 aromatic heterocycles. The van der Waals surface area contributed by atoms with Gasteiger partial charge in [-0.1, -0.05) is 11.1 Å². The molecule has 0 saturated carbocycles. The number of H-pyrrole nitrogens is 3. The number of aromatic nitrogens is 5. The van der Waals surface area contributed by atoms with Crippen LogP contribution in [-0.4, -0.2) is 154 Å². The van der Waals surface area contributed by atoms with Crippen LogP contribution < -0.4 is 37.9 Å². The summed E-state index contributed by atoms with van der Waals surface area (Å²) in [7, 11) is 8.95. The van der Waals surface area contributed by atoms with E-state index >= 15 is 0 Å². The summed E-state index contributed by atoms with van der Waals surface area (Å²) < 4.78 is 128. The number of hydrogen-bond acceptors (Lipinski definition) is 21. The van der Waals surface area contributed by atoms with Gasteiger partial charge in [0.2, 0.25) is 0 Å². The number of carbonyl (C=O) groups is 4. The molecule has 0 aliphatic carbocycles. The lowest BCUT2D eigenvalue weighted by atomic mass is 9.86. The van der Waals surface area contributed by atoms with Crippen LogP contribution in [0.4, 0.5) is 0 Å². The molecule has 652 valence electrons. The second kappa shape index (κ2) is 42.3. The zero-order chi connectivity index (χ0) is 90.4. The van der Waals surface area contributed by atoms with Crippen molar-refractivity contribution in [1.29, 1.82) is 0 Å². The molecule has 13 rings (SSSR count). The fourth-order valence-electron chi connectivity index (χ4n) is 12.3. The number of halogens is 1. The monoisotopic (exact) mass is 1750 g/mol. The summed E-state index contributed by atoms with van der Waals surface area (Å²) in [6.07, 6.45) is 10.4. The normalized spacial score (nSPS) is 11.4. The van der Waals surface area contributed by atoms with E-state index in [1.165, 1.54) is 116 Å². The minimum atomic E-state index is -3.89. The Balaban J connectivity index is 0.000000206. The van der Waals surface area contributed by atoms with E-state index in [2.05, 4.69) is 42.6 Å². The quantitative estimate of drug-likeness (QED) is 0.0162. The smallest absolute Gasteiger partial charge is 0.311 e. The molecule has 27 nitrogen and oxygen atoms in total. The first-order chi connectivity index (χ1) is 57.6. The number of aliphatic carboxylic acids is 1. The molecule has 0 atom stereocenters. The third-order valence-corrected chi connectivity index (χ3v) is 24.6. The summed E-state index contributed by atoms with van der Waals surface area (Å²) in [5.41, 5.74) is 8.33. The SMILES string of the molecule is CC(C)=C(C)C.COC(=O)C(C)(C)Cc1c[nH]c2ccc(OC)cc12.COC(=O)C(C)(C)Cc1cn(S(=O)(=O)c2ccc(OC)cc2)c2ccc(OC)cc12.COc1ccc(S(=O)(=O)Cl)cc1.COc1ccc(S(=O)(=O)n2cc(CC(C)(C)C(=O)O)c3cc(OC)ccc32)cc1.COc1ccc2[nH]cc(C=O)c2c1.COc1ccc2[nH]cc(CO)c2c1. The molecule has 0 unspecified atom stereocenters. The molecule has 0 bridgehead atoms. The van der Waals surface area contributed by atoms with Gasteiger partial charge in [0.25, 0.3) is 29.1 Å². The summed E-state index contributed by atoms with van der Waals surface area (Å²) in [6.45, 7) is 19.0. The van der Waals surface area contributed by atoms with Crippen LogP contribution in [0.2, 0.25) is 0 Å². The number of ether oxygens (including phenoxy) is 10. The van der Waals surface area contributed by atoms with E-state index in [-0.39, 0.29) is 39.7 Å². The predicted octanol–water partition coefficient (Wildman–Crippen LogP) is 17.7. The van der Waals surface area contributed by atoms with Crippen molar-refractivity contribution >= 4 is 118 Å². The number of hydrogen-bond donors (Lipinski definition) is 5. The first-order valence-electron chi connectivity index (χ1n) is 37.8. The maximum absolute atomic E-state index is 13.4. The van der Waals surface area contributed by atoms with Gasteiger partial charge in [-0.25, -0.2) is 33.2 Å². The van der Waals surface area contributed by atoms with E-state index in [0.717, 1.165) is 67.4 Å². The number of esters is 2. The van der Waals surface area contributed by atoms with Gasteiger partial charge in [-0.15, -0.1) is 0 Å². The number of aliphatic hydroxyl groups is 1. The summed E-state index contributed by atoms with van der Waals surface area (Å²) >= 11 is 0. The van der Waals surface area contributed by atoms with Crippen molar-refractivity contribution in [3.8, 4) is 46.0 Å². The maximum Gasteiger partial charge on any atom is 0.311 e. The third-order valence-electron chi connectivity index (χ3n) is 19.8. The Morgan fingerprint density at radius 3 is 0.992 bits per heavy atom. The standard InChI is InChI=1S/C22H25NO6S.C21H23NO6S.C15H19NO3.C10H11NO2.C10H9NO2.C7H7ClO3S.C6H12/c1-22(2,21(24)29-5)13-15-14-23(20-11-8-17(28-4)12-19(15)20)30(25,26)18-9-6-16(27-3)7-10-18;1-21(2,20(23)24)12-14-13-22(19-10-7-16(28-4)11-18(14)19)29(25,26)17-8-5-15(27-3)6-9-17;1-15(2,14(17)19-4)8-10-9-16-13-6-5-11(18-3)7-12(10)13;2*1-13-8-2-3-10-9(4-8)7(6-12)5-11-10;1-11-6-2-4-7(5-3-6)12(8,9)10;1-5(2)6(3)4/h6-12,14H,13H2,1-5H3;5-11,13H,12H2,1-4H3,(H,23,24);5-7,9,16H,8H2,1-4H3;2-5,11-12H,6H2,1H3;2-6,11H,1H3;2-5H,1H3;1-4H3. The van der Waals surface area contributed by atoms with Crippen LogP contribution in [0, 0.1) is 16.2 Å². The number of allylic oxidation sites excluding steroid dienone is 2. The Kier molecular flexibility index (Phi) is 33.6. The van der Waals surface area contributed by atoms with E-state index < -0.39 is 51.3 Å². The molecular formula is C91H106ClN5O22S3. The number of carboxylic acids is 1. The van der Waals surface area contributed by atoms with Gasteiger partial charge in [-0.2, -0.15) is 0 Å². The molecule has 0 radical (unpaired) electrons. The highest BCUT2D eigenvalue weighted by atomic mass is 35.7. The van der Waals surface area contributed by atoms with Gasteiger partial charge in [-0.3, -0.25) is 19.2 Å². The van der Waals surface area contributed by atoms with Crippen molar-refractivity contribution in [1.82, 2.24) is 22.9 Å². The average Bonchev–Trinajstić information content (AvgIpc) is 1.60. The van der Waals surface area contributed by atoms with Crippen molar-refractivity contribution in [3.05, 3.63) is 234 Å². The molecule has 0 spiro atoms. The molecule has 0 fully saturated rings. The number of benzene rings is 8. The van der Waals surface area contributed by atoms with Crippen LogP contribution in [0.15, 0.2) is 221 Å². The van der Waals surface area contributed by atoms with Gasteiger partial charge in [0.15, 0.2) is 6.29 Å². The lowest BCUT2D eigenvalue weighted by Gasteiger charge is -2.20. The van der Waals surface area contributed by atoms with Crippen LogP contribution in [-0.2, 0) is 78.8 Å². The number of aliphatic hydroxyl groups excluding tert-OH is 1. The highest BCUT2D eigenvalue weighted by Gasteiger charge is 2.34. The molecule has 0 aliphatic rings. The molecule has 8 aromatic carbocycles. The Morgan fingerprint density at radius 1 is 0.385 bits per heavy atom. The van der Waals surface area contributed by atoms with Crippen molar-refractivity contribution in [2.75, 3.05) is 71.1 Å². The fraction of sp³-hybridized carbons (Fsp3) is 0.297. The van der Waals surface area contributed by atoms with Gasteiger partial charge >= 0.3 is 17.9 Å². The predicted molar refractivity (Wildman–Crippen MR) is 474 cm³/mol.